The third-order valence-corrected chi connectivity index (χ3v) is 15.5. The lowest BCUT2D eigenvalue weighted by Crippen LogP contribution is -2.61. The molecule has 1 aliphatic carbocycles. The lowest BCUT2D eigenvalue weighted by molar-refractivity contribution is -0.265. The van der Waals surface area contributed by atoms with Gasteiger partial charge in [0.15, 0.2) is 11.6 Å². The van der Waals surface area contributed by atoms with E-state index in [0.717, 1.165) is 23.9 Å². The number of cyclic esters (lactones) is 1. The van der Waals surface area contributed by atoms with Crippen molar-refractivity contribution in [2.75, 3.05) is 27.9 Å². The molecule has 4 aliphatic rings. The van der Waals surface area contributed by atoms with Crippen molar-refractivity contribution in [1.82, 2.24) is 4.90 Å². The van der Waals surface area contributed by atoms with Crippen LogP contribution in [0.15, 0.2) is 52.2 Å². The highest BCUT2D eigenvalue weighted by atomic mass is 32.2. The zero-order valence-corrected chi connectivity index (χ0v) is 42.2. The van der Waals surface area contributed by atoms with Gasteiger partial charge in [-0.2, -0.15) is 0 Å². The van der Waals surface area contributed by atoms with Crippen LogP contribution in [0.4, 0.5) is 0 Å². The summed E-state index contributed by atoms with van der Waals surface area (Å²) in [5.74, 6) is -8.01. The summed E-state index contributed by atoms with van der Waals surface area (Å²) in [6.45, 7) is 12.7. The molecule has 0 aromatic rings. The summed E-state index contributed by atoms with van der Waals surface area (Å²) >= 11 is 0.973. The number of rotatable bonds is 8. The number of esters is 1. The second kappa shape index (κ2) is 26.6. The number of carbonyl (C=O) groups excluding carboxylic acids is 5. The predicted molar refractivity (Wildman–Crippen MR) is 256 cm³/mol. The van der Waals surface area contributed by atoms with Crippen LogP contribution in [0.25, 0.3) is 0 Å². The molecule has 15 atom stereocenters. The van der Waals surface area contributed by atoms with Gasteiger partial charge in [0, 0.05) is 75.0 Å². The van der Waals surface area contributed by atoms with Crippen molar-refractivity contribution in [2.45, 2.75) is 179 Å². The number of hydrogen-bond acceptors (Lipinski definition) is 15. The standard InChI is InChI=1S/C51H78N2O13S/c1-30-16-12-11-13-17-31(2)41(62-8)28-38-21-19-36(7)51(60,66-38)48(57)49(58)53-23-15-14-18-39(53)50(59)65-42(33(4)26-37-20-22-44(67-52-61)43(27-37)63-9)29-40(54)32(3)25-35(6)46(56)47(64-10)45(55)34(5)24-30/h11-13,16-17,25,30,33-39,41-44,46-47,56,60H,14-15,18-24,26-29H2,1-10H3/t30-,33-,34-,35?,36-,37+,38+,39+,41+,42?,43-,44?,46-,47+,51-/m1/s1. The predicted octanol–water partition coefficient (Wildman–Crippen LogP) is 7.60. The van der Waals surface area contributed by atoms with Crippen LogP contribution >= 0.6 is 11.9 Å². The van der Waals surface area contributed by atoms with Gasteiger partial charge >= 0.3 is 5.97 Å². The van der Waals surface area contributed by atoms with Crippen LogP contribution in [0.5, 0.6) is 0 Å². The second-order valence-corrected chi connectivity index (χ2v) is 20.7. The van der Waals surface area contributed by atoms with E-state index < -0.39 is 77.8 Å². The minimum Gasteiger partial charge on any atom is -0.460 e. The molecule has 15 nitrogen and oxygen atoms in total. The first-order valence-electron chi connectivity index (χ1n) is 24.3. The van der Waals surface area contributed by atoms with Crippen molar-refractivity contribution in [3.05, 3.63) is 52.5 Å². The van der Waals surface area contributed by atoms with Crippen molar-refractivity contribution < 1.29 is 57.9 Å². The average Bonchev–Trinajstić information content (AvgIpc) is 3.30. The zero-order valence-electron chi connectivity index (χ0n) is 41.4. The van der Waals surface area contributed by atoms with E-state index in [0.29, 0.717) is 63.4 Å². The molecule has 2 N–H and O–H groups in total. The molecule has 3 heterocycles. The van der Waals surface area contributed by atoms with Crippen molar-refractivity contribution in [3.8, 4) is 0 Å². The lowest BCUT2D eigenvalue weighted by Gasteiger charge is -2.42. The smallest absolute Gasteiger partial charge is 0.329 e. The number of hydrogen-bond donors (Lipinski definition) is 2. The van der Waals surface area contributed by atoms with E-state index >= 15 is 0 Å². The van der Waals surface area contributed by atoms with Gasteiger partial charge in [-0.1, -0.05) is 71.1 Å². The fourth-order valence-electron chi connectivity index (χ4n) is 10.3. The number of allylic oxidation sites excluding steroid dienone is 6. The Labute approximate surface area is 402 Å². The van der Waals surface area contributed by atoms with E-state index in [-0.39, 0.29) is 60.1 Å². The van der Waals surface area contributed by atoms with E-state index in [1.807, 2.05) is 58.1 Å². The van der Waals surface area contributed by atoms with Crippen molar-refractivity contribution >= 4 is 41.2 Å². The van der Waals surface area contributed by atoms with Gasteiger partial charge in [0.25, 0.3) is 11.7 Å². The van der Waals surface area contributed by atoms with Crippen molar-refractivity contribution in [1.29, 1.82) is 0 Å². The number of carbonyl (C=O) groups is 5. The summed E-state index contributed by atoms with van der Waals surface area (Å²) < 4.78 is 32.6. The maximum Gasteiger partial charge on any atom is 0.329 e. The number of methoxy groups -OCH3 is 3. The molecule has 376 valence electrons. The summed E-state index contributed by atoms with van der Waals surface area (Å²) in [6, 6.07) is -1.15. The molecule has 2 bridgehead atoms. The maximum atomic E-state index is 14.4. The summed E-state index contributed by atoms with van der Waals surface area (Å²) in [7, 11) is 4.56. The summed E-state index contributed by atoms with van der Waals surface area (Å²) in [6.07, 6.45) is 12.1. The van der Waals surface area contributed by atoms with E-state index in [4.69, 9.17) is 23.7 Å². The molecule has 3 unspecified atom stereocenters. The molecule has 1 saturated carbocycles. The number of ether oxygens (including phenoxy) is 5. The molecule has 16 heteroatoms. The Morgan fingerprint density at radius 2 is 1.64 bits per heavy atom. The number of fused-ring (bicyclic) bond motifs is 3. The quantitative estimate of drug-likeness (QED) is 0.104. The van der Waals surface area contributed by atoms with Gasteiger partial charge in [-0.25, -0.2) is 4.79 Å². The lowest BCUT2D eigenvalue weighted by atomic mass is 9.79. The molecule has 67 heavy (non-hydrogen) atoms. The van der Waals surface area contributed by atoms with E-state index in [2.05, 4.69) is 4.58 Å². The molecule has 0 radical (unpaired) electrons. The van der Waals surface area contributed by atoms with Gasteiger partial charge in [0.1, 0.15) is 18.2 Å². The van der Waals surface area contributed by atoms with Crippen LogP contribution in [0.2, 0.25) is 0 Å². The van der Waals surface area contributed by atoms with Gasteiger partial charge < -0.3 is 38.8 Å². The van der Waals surface area contributed by atoms with Crippen LogP contribution < -0.4 is 0 Å². The van der Waals surface area contributed by atoms with Crippen LogP contribution in [0.3, 0.4) is 0 Å². The van der Waals surface area contributed by atoms with E-state index in [1.54, 1.807) is 41.1 Å². The second-order valence-electron chi connectivity index (χ2n) is 19.8. The fraction of sp³-hybridized carbons (Fsp3) is 0.745. The highest BCUT2D eigenvalue weighted by Crippen LogP contribution is 2.39. The summed E-state index contributed by atoms with van der Waals surface area (Å²) in [4.78, 5) is 83.1. The van der Waals surface area contributed by atoms with Crippen molar-refractivity contribution in [3.63, 3.8) is 0 Å². The molecule has 2 saturated heterocycles. The molecule has 0 aromatic carbocycles. The Balaban J connectivity index is 1.70. The highest BCUT2D eigenvalue weighted by molar-refractivity contribution is 7.98. The van der Waals surface area contributed by atoms with Crippen LogP contribution in [-0.4, -0.2) is 126 Å². The molecule has 4 rings (SSSR count). The normalized spacial score (nSPS) is 37.0. The molecular weight excluding hydrogens is 881 g/mol. The molecule has 3 aliphatic heterocycles. The minimum atomic E-state index is -2.44. The Bertz CT molecular complexity index is 1830. The Kier molecular flexibility index (Phi) is 22.3. The number of aliphatic hydroxyl groups is 2. The van der Waals surface area contributed by atoms with Crippen LogP contribution in [0, 0.1) is 40.4 Å². The van der Waals surface area contributed by atoms with E-state index in [1.165, 1.54) is 12.0 Å². The number of ketones is 3. The third-order valence-electron chi connectivity index (χ3n) is 14.6. The molecule has 0 aromatic heterocycles. The topological polar surface area (TPSA) is 205 Å². The Morgan fingerprint density at radius 1 is 0.910 bits per heavy atom. The van der Waals surface area contributed by atoms with Gasteiger partial charge in [0.2, 0.25) is 5.79 Å². The number of Topliss-reactive ketones (excluding diaryl/α,β-unsaturated/α-hetero) is 3. The van der Waals surface area contributed by atoms with Gasteiger partial charge in [-0.15, -0.1) is 4.91 Å². The number of aliphatic hydroxyl groups excluding tert-OH is 1. The maximum absolute atomic E-state index is 14.4. The Morgan fingerprint density at radius 3 is 2.31 bits per heavy atom. The molecular formula is C51H78N2O13S. The SMILES string of the molecule is CO[C@H]1C[C@@H]2CC[C@@H](C)[C@@](O)(O2)C(=O)C(=O)N2CCCC[C@H]2C(=O)OC([C@H](C)C[C@@H]2CCC(SN=O)[C@H](OC)C2)CC(=O)C(C)=CC(C)[C@@H](O)[C@@H](OC)C(=O)[C@H](C)C[C@H](C)C=CC=CC=C1C. The minimum absolute atomic E-state index is 0.0165. The highest BCUT2D eigenvalue weighted by Gasteiger charge is 2.53. The monoisotopic (exact) mass is 959 g/mol. The largest absolute Gasteiger partial charge is 0.460 e. The summed E-state index contributed by atoms with van der Waals surface area (Å²) in [5, 5.41) is 23.4. The number of piperidine rings is 1. The van der Waals surface area contributed by atoms with Crippen LogP contribution in [0.1, 0.15) is 126 Å². The number of nitroso groups, excluding NO2 is 1. The van der Waals surface area contributed by atoms with Gasteiger partial charge in [-0.3, -0.25) is 19.2 Å². The first-order chi connectivity index (χ1) is 31.8. The van der Waals surface area contributed by atoms with Crippen LogP contribution in [-0.2, 0) is 47.7 Å². The number of nitrogens with zero attached hydrogens (tertiary/aromatic N) is 2. The first kappa shape index (κ1) is 56.2. The summed E-state index contributed by atoms with van der Waals surface area (Å²) in [5.41, 5.74) is 1.18. The molecule has 3 fully saturated rings. The molecule has 1 amide bonds. The van der Waals surface area contributed by atoms with Crippen molar-refractivity contribution in [2.24, 2.45) is 40.1 Å². The van der Waals surface area contributed by atoms with Gasteiger partial charge in [0.05, 0.1) is 29.7 Å². The zero-order chi connectivity index (χ0) is 49.6. The fourth-order valence-corrected chi connectivity index (χ4v) is 11.0. The van der Waals surface area contributed by atoms with Gasteiger partial charge in [-0.05, 0) is 107 Å². The molecule has 0 spiro atoms. The first-order valence-corrected chi connectivity index (χ1v) is 25.1. The average molecular weight is 959 g/mol. The number of amides is 1. The van der Waals surface area contributed by atoms with E-state index in [9.17, 15) is 39.1 Å². The Hall–Kier alpha value is -3.38. The third kappa shape index (κ3) is 15.1.